The van der Waals surface area contributed by atoms with Gasteiger partial charge in [0, 0.05) is 17.9 Å². The van der Waals surface area contributed by atoms with Crippen molar-refractivity contribution in [2.45, 2.75) is 26.2 Å². The van der Waals surface area contributed by atoms with Gasteiger partial charge in [0.25, 0.3) is 0 Å². The summed E-state index contributed by atoms with van der Waals surface area (Å²) in [5.41, 5.74) is 4.17. The summed E-state index contributed by atoms with van der Waals surface area (Å²) < 4.78 is 7.64. The molecule has 0 saturated carbocycles. The Labute approximate surface area is 173 Å². The predicted molar refractivity (Wildman–Crippen MR) is 112 cm³/mol. The molecule has 1 atom stereocenters. The van der Waals surface area contributed by atoms with Crippen molar-refractivity contribution in [1.29, 1.82) is 0 Å². The van der Waals surface area contributed by atoms with Gasteiger partial charge in [-0.05, 0) is 25.0 Å². The molecule has 30 heavy (non-hydrogen) atoms. The Balaban J connectivity index is 1.70. The highest BCUT2D eigenvalue weighted by atomic mass is 16.5. The zero-order valence-corrected chi connectivity index (χ0v) is 16.7. The third-order valence-corrected chi connectivity index (χ3v) is 5.35. The maximum Gasteiger partial charge on any atom is 0.228 e. The summed E-state index contributed by atoms with van der Waals surface area (Å²) >= 11 is 0. The van der Waals surface area contributed by atoms with Crippen LogP contribution in [-0.4, -0.2) is 25.4 Å². The van der Waals surface area contributed by atoms with Crippen LogP contribution in [0.25, 0.3) is 5.65 Å². The van der Waals surface area contributed by atoms with Gasteiger partial charge in [0.2, 0.25) is 5.88 Å². The van der Waals surface area contributed by atoms with E-state index in [1.54, 1.807) is 17.8 Å². The molecule has 0 N–H and O–H groups in total. The van der Waals surface area contributed by atoms with E-state index in [9.17, 15) is 4.79 Å². The summed E-state index contributed by atoms with van der Waals surface area (Å²) in [5.74, 6) is 1.40. The number of hydrogen-bond acceptors (Lipinski definition) is 5. The fourth-order valence-electron chi connectivity index (χ4n) is 4.07. The molecule has 0 saturated heterocycles. The van der Waals surface area contributed by atoms with Crippen LogP contribution in [0.1, 0.15) is 42.3 Å². The summed E-state index contributed by atoms with van der Waals surface area (Å²) in [7, 11) is 0. The van der Waals surface area contributed by atoms with Crippen LogP contribution in [0.15, 0.2) is 78.3 Å². The van der Waals surface area contributed by atoms with Crippen molar-refractivity contribution in [3.8, 4) is 5.88 Å². The Hall–Kier alpha value is -3.80. The van der Waals surface area contributed by atoms with Gasteiger partial charge in [-0.25, -0.2) is 14.5 Å². The standard InChI is InChI=1S/C24H20N4O2/c1-15(29)20-16(2)30-24-22(21(20)18-11-7-4-8-12-18)23-26-19(27-28(23)14-25-24)13-17-9-5-3-6-10-17/h3-12,14,21H,13H2,1-2H3. The van der Waals surface area contributed by atoms with Crippen LogP contribution in [0, 0.1) is 0 Å². The topological polar surface area (TPSA) is 69.4 Å². The molecule has 0 spiro atoms. The molecule has 0 bridgehead atoms. The molecule has 5 rings (SSSR count). The number of fused-ring (bicyclic) bond motifs is 3. The minimum absolute atomic E-state index is 0.0296. The number of benzene rings is 2. The third kappa shape index (κ3) is 3.06. The van der Waals surface area contributed by atoms with Crippen LogP contribution >= 0.6 is 0 Å². The first-order valence-corrected chi connectivity index (χ1v) is 9.84. The predicted octanol–water partition coefficient (Wildman–Crippen LogP) is 4.10. The first-order valence-electron chi connectivity index (χ1n) is 9.84. The second kappa shape index (κ2) is 7.22. The number of carbonyl (C=O) groups is 1. The van der Waals surface area contributed by atoms with Crippen molar-refractivity contribution in [3.05, 3.63) is 101 Å². The summed E-state index contributed by atoms with van der Waals surface area (Å²) in [6.07, 6.45) is 2.23. The summed E-state index contributed by atoms with van der Waals surface area (Å²) in [5, 5.41) is 4.62. The van der Waals surface area contributed by atoms with E-state index in [2.05, 4.69) is 22.2 Å². The smallest absolute Gasteiger partial charge is 0.228 e. The molecule has 2 aromatic carbocycles. The Morgan fingerprint density at radius 3 is 2.47 bits per heavy atom. The molecule has 2 aromatic heterocycles. The molecule has 4 aromatic rings. The molecule has 0 amide bonds. The Bertz CT molecular complexity index is 1280. The van der Waals surface area contributed by atoms with Crippen molar-refractivity contribution in [3.63, 3.8) is 0 Å². The summed E-state index contributed by atoms with van der Waals surface area (Å²) in [6, 6.07) is 20.0. The Morgan fingerprint density at radius 1 is 1.07 bits per heavy atom. The van der Waals surface area contributed by atoms with E-state index < -0.39 is 0 Å². The molecular weight excluding hydrogens is 376 g/mol. The average Bonchev–Trinajstić information content (AvgIpc) is 3.16. The van der Waals surface area contributed by atoms with E-state index in [0.717, 1.165) is 16.7 Å². The molecule has 0 aliphatic carbocycles. The normalized spacial score (nSPS) is 15.7. The van der Waals surface area contributed by atoms with E-state index in [4.69, 9.17) is 9.72 Å². The van der Waals surface area contributed by atoms with Crippen molar-refractivity contribution in [1.82, 2.24) is 19.6 Å². The Kier molecular flexibility index (Phi) is 4.39. The van der Waals surface area contributed by atoms with Crippen molar-refractivity contribution in [2.24, 2.45) is 0 Å². The van der Waals surface area contributed by atoms with Crippen LogP contribution < -0.4 is 4.74 Å². The van der Waals surface area contributed by atoms with Gasteiger partial charge < -0.3 is 4.74 Å². The minimum atomic E-state index is -0.308. The monoisotopic (exact) mass is 396 g/mol. The maximum atomic E-state index is 12.6. The van der Waals surface area contributed by atoms with Gasteiger partial charge in [0.1, 0.15) is 12.1 Å². The lowest BCUT2D eigenvalue weighted by atomic mass is 9.82. The third-order valence-electron chi connectivity index (χ3n) is 5.35. The highest BCUT2D eigenvalue weighted by molar-refractivity contribution is 5.97. The molecule has 6 heteroatoms. The lowest BCUT2D eigenvalue weighted by Gasteiger charge is -2.28. The van der Waals surface area contributed by atoms with Crippen LogP contribution in [0.2, 0.25) is 0 Å². The molecule has 0 radical (unpaired) electrons. The molecule has 1 aliphatic rings. The zero-order chi connectivity index (χ0) is 20.7. The van der Waals surface area contributed by atoms with Gasteiger partial charge in [0.15, 0.2) is 17.3 Å². The molecule has 1 unspecified atom stereocenters. The van der Waals surface area contributed by atoms with Gasteiger partial charge >= 0.3 is 0 Å². The van der Waals surface area contributed by atoms with E-state index in [-0.39, 0.29) is 11.7 Å². The first kappa shape index (κ1) is 18.2. The van der Waals surface area contributed by atoms with E-state index >= 15 is 0 Å². The number of ether oxygens (including phenoxy) is 1. The van der Waals surface area contributed by atoms with Gasteiger partial charge in [-0.3, -0.25) is 4.79 Å². The minimum Gasteiger partial charge on any atom is -0.443 e. The van der Waals surface area contributed by atoms with Crippen molar-refractivity contribution in [2.75, 3.05) is 0 Å². The average molecular weight is 396 g/mol. The first-order chi connectivity index (χ1) is 14.6. The fourth-order valence-corrected chi connectivity index (χ4v) is 4.07. The second-order valence-electron chi connectivity index (χ2n) is 7.39. The maximum absolute atomic E-state index is 12.6. The number of allylic oxidation sites excluding steroid dienone is 2. The second-order valence-corrected chi connectivity index (χ2v) is 7.39. The summed E-state index contributed by atoms with van der Waals surface area (Å²) in [4.78, 5) is 21.9. The lowest BCUT2D eigenvalue weighted by Crippen LogP contribution is -2.22. The summed E-state index contributed by atoms with van der Waals surface area (Å²) in [6.45, 7) is 3.38. The quantitative estimate of drug-likeness (QED) is 0.519. The molecule has 3 heterocycles. The van der Waals surface area contributed by atoms with E-state index in [1.807, 2.05) is 55.5 Å². The lowest BCUT2D eigenvalue weighted by molar-refractivity contribution is -0.114. The molecule has 0 fully saturated rings. The number of Topliss-reactive ketones (excluding diaryl/α,β-unsaturated/α-hetero) is 1. The molecular formula is C24H20N4O2. The van der Waals surface area contributed by atoms with Crippen molar-refractivity contribution < 1.29 is 9.53 Å². The Morgan fingerprint density at radius 2 is 1.77 bits per heavy atom. The SMILES string of the molecule is CC(=O)C1=C(C)Oc2ncn3nc(Cc4ccccc4)nc3c2C1c1ccccc1. The highest BCUT2D eigenvalue weighted by Gasteiger charge is 2.35. The van der Waals surface area contributed by atoms with Gasteiger partial charge in [0.05, 0.1) is 5.56 Å². The number of hydrogen-bond donors (Lipinski definition) is 0. The van der Waals surface area contributed by atoms with E-state index in [1.165, 1.54) is 0 Å². The zero-order valence-electron chi connectivity index (χ0n) is 16.7. The molecule has 6 nitrogen and oxygen atoms in total. The largest absolute Gasteiger partial charge is 0.443 e. The number of ketones is 1. The van der Waals surface area contributed by atoms with Gasteiger partial charge in [-0.15, -0.1) is 5.10 Å². The van der Waals surface area contributed by atoms with Gasteiger partial charge in [-0.2, -0.15) is 0 Å². The fraction of sp³-hybridized carbons (Fsp3) is 0.167. The number of rotatable bonds is 4. The number of aromatic nitrogens is 4. The van der Waals surface area contributed by atoms with Crippen LogP contribution in [0.5, 0.6) is 5.88 Å². The molecule has 148 valence electrons. The van der Waals surface area contributed by atoms with Crippen LogP contribution in [0.3, 0.4) is 0 Å². The number of nitrogens with zero attached hydrogens (tertiary/aromatic N) is 4. The van der Waals surface area contributed by atoms with Gasteiger partial charge in [-0.1, -0.05) is 60.7 Å². The van der Waals surface area contributed by atoms with E-state index in [0.29, 0.717) is 35.1 Å². The van der Waals surface area contributed by atoms with Crippen LogP contribution in [0.4, 0.5) is 0 Å². The van der Waals surface area contributed by atoms with Crippen LogP contribution in [-0.2, 0) is 11.2 Å². The number of carbonyl (C=O) groups excluding carboxylic acids is 1. The van der Waals surface area contributed by atoms with Crippen molar-refractivity contribution >= 4 is 11.4 Å². The molecule has 1 aliphatic heterocycles. The highest BCUT2D eigenvalue weighted by Crippen LogP contribution is 2.43.